The minimum Gasteiger partial charge on any atom is -0.454 e. The molecule has 3 heterocycles. The molecule has 2 aromatic carbocycles. The number of benzene rings is 2. The minimum atomic E-state index is -0.441. The van der Waals surface area contributed by atoms with E-state index in [-0.39, 0.29) is 18.3 Å². The summed E-state index contributed by atoms with van der Waals surface area (Å²) in [6.45, 7) is 1.94. The van der Waals surface area contributed by atoms with Crippen molar-refractivity contribution in [2.75, 3.05) is 6.79 Å². The van der Waals surface area contributed by atoms with Crippen LogP contribution in [0.2, 0.25) is 0 Å². The lowest BCUT2D eigenvalue weighted by Crippen LogP contribution is -2.07. The first-order valence-electron chi connectivity index (χ1n) is 8.83. The van der Waals surface area contributed by atoms with E-state index < -0.39 is 5.97 Å². The Bertz CT molecular complexity index is 1180. The maximum atomic E-state index is 12.8. The molecule has 0 saturated heterocycles. The van der Waals surface area contributed by atoms with Gasteiger partial charge in [0.25, 0.3) is 0 Å². The number of allylic oxidation sites excluding steroid dienone is 1. The number of rotatable bonds is 3. The van der Waals surface area contributed by atoms with Crippen LogP contribution in [0.15, 0.2) is 53.6 Å². The van der Waals surface area contributed by atoms with Crippen LogP contribution in [0, 0.1) is 6.92 Å². The second-order valence-corrected chi connectivity index (χ2v) is 7.43. The van der Waals surface area contributed by atoms with E-state index in [2.05, 4.69) is 0 Å². The van der Waals surface area contributed by atoms with Gasteiger partial charge in [0.2, 0.25) is 12.6 Å². The van der Waals surface area contributed by atoms with Crippen molar-refractivity contribution in [3.05, 3.63) is 75.2 Å². The molecule has 0 unspecified atom stereocenters. The topological polar surface area (TPSA) is 71.1 Å². The summed E-state index contributed by atoms with van der Waals surface area (Å²) in [6.07, 6.45) is 1.65. The lowest BCUT2D eigenvalue weighted by molar-refractivity contribution is 0.0738. The summed E-state index contributed by atoms with van der Waals surface area (Å²) in [7, 11) is 0. The minimum absolute atomic E-state index is 0.183. The first kappa shape index (κ1) is 17.5. The van der Waals surface area contributed by atoms with E-state index in [0.717, 1.165) is 5.56 Å². The third kappa shape index (κ3) is 3.05. The van der Waals surface area contributed by atoms with Gasteiger partial charge in [-0.25, -0.2) is 4.79 Å². The monoisotopic (exact) mass is 406 g/mol. The zero-order valence-electron chi connectivity index (χ0n) is 15.3. The molecule has 0 amide bonds. The summed E-state index contributed by atoms with van der Waals surface area (Å²) in [5.74, 6) is 1.59. The lowest BCUT2D eigenvalue weighted by Gasteiger charge is -2.09. The molecule has 0 atom stereocenters. The Hall–Kier alpha value is -3.58. The van der Waals surface area contributed by atoms with Crippen LogP contribution in [0.1, 0.15) is 31.2 Å². The number of Topliss-reactive ketones (excluding diaryl/α,β-unsaturated/α-hetero) is 1. The first-order valence-corrected chi connectivity index (χ1v) is 9.71. The molecule has 6 nitrogen and oxygen atoms in total. The second kappa shape index (κ2) is 6.79. The number of ketones is 1. The van der Waals surface area contributed by atoms with Gasteiger partial charge in [0, 0.05) is 5.56 Å². The fraction of sp³-hybridized carbons (Fsp3) is 0.0909. The standard InChI is InChI=1S/C22H14O6S/c1-12-15(28-22(24)19-3-2-8-29-19)7-5-14-20(23)18(27-21(12)14)10-13-4-6-16-17(9-13)26-11-25-16/h2-10H,11H2,1H3/b18-10-. The third-order valence-corrected chi connectivity index (χ3v) is 5.51. The average Bonchev–Trinajstić information content (AvgIpc) is 3.46. The van der Waals surface area contributed by atoms with Gasteiger partial charge in [-0.2, -0.15) is 0 Å². The maximum absolute atomic E-state index is 12.8. The molecule has 2 aliphatic heterocycles. The van der Waals surface area contributed by atoms with Gasteiger partial charge in [-0.3, -0.25) is 4.79 Å². The van der Waals surface area contributed by atoms with Crippen LogP contribution >= 0.6 is 11.3 Å². The molecule has 1 aromatic heterocycles. The highest BCUT2D eigenvalue weighted by molar-refractivity contribution is 7.12. The van der Waals surface area contributed by atoms with Crippen LogP contribution in [0.25, 0.3) is 6.08 Å². The van der Waals surface area contributed by atoms with Gasteiger partial charge < -0.3 is 18.9 Å². The summed E-state index contributed by atoms with van der Waals surface area (Å²) in [6, 6.07) is 12.1. The number of thiophene rings is 1. The number of carbonyl (C=O) groups is 2. The van der Waals surface area contributed by atoms with E-state index >= 15 is 0 Å². The van der Waals surface area contributed by atoms with Gasteiger partial charge in [-0.15, -0.1) is 11.3 Å². The van der Waals surface area contributed by atoms with E-state index in [0.29, 0.717) is 39.0 Å². The fourth-order valence-electron chi connectivity index (χ4n) is 3.18. The Morgan fingerprint density at radius 2 is 2.00 bits per heavy atom. The Morgan fingerprint density at radius 3 is 2.83 bits per heavy atom. The Labute approximate surface area is 169 Å². The van der Waals surface area contributed by atoms with Gasteiger partial charge >= 0.3 is 5.97 Å². The molecule has 0 N–H and O–H groups in total. The molecule has 5 rings (SSSR count). The molecule has 144 valence electrons. The number of hydrogen-bond donors (Lipinski definition) is 0. The van der Waals surface area contributed by atoms with Crippen molar-refractivity contribution >= 4 is 29.2 Å². The quantitative estimate of drug-likeness (QED) is 0.359. The first-order chi connectivity index (χ1) is 14.1. The molecule has 0 aliphatic carbocycles. The number of fused-ring (bicyclic) bond motifs is 2. The SMILES string of the molecule is Cc1c(OC(=O)c2cccs2)ccc2c1O/C(=C\c1ccc3c(c1)OCO3)C2=O. The molecule has 0 spiro atoms. The maximum Gasteiger partial charge on any atom is 0.353 e. The Balaban J connectivity index is 1.43. The Kier molecular flexibility index (Phi) is 4.10. The number of hydrogen-bond acceptors (Lipinski definition) is 7. The number of carbonyl (C=O) groups excluding carboxylic acids is 2. The molecule has 0 fully saturated rings. The third-order valence-electron chi connectivity index (χ3n) is 4.66. The van der Waals surface area contributed by atoms with Gasteiger partial charge in [0.15, 0.2) is 17.3 Å². The molecular weight excluding hydrogens is 392 g/mol. The fourth-order valence-corrected chi connectivity index (χ4v) is 3.78. The summed E-state index contributed by atoms with van der Waals surface area (Å²) in [5, 5.41) is 1.81. The highest BCUT2D eigenvalue weighted by Gasteiger charge is 2.31. The number of ether oxygens (including phenoxy) is 4. The van der Waals surface area contributed by atoms with Crippen LogP contribution in [-0.4, -0.2) is 18.5 Å². The van der Waals surface area contributed by atoms with E-state index in [4.69, 9.17) is 18.9 Å². The highest BCUT2D eigenvalue weighted by Crippen LogP contribution is 2.40. The van der Waals surface area contributed by atoms with Crippen molar-refractivity contribution in [3.8, 4) is 23.0 Å². The highest BCUT2D eigenvalue weighted by atomic mass is 32.1. The van der Waals surface area contributed by atoms with Crippen molar-refractivity contribution in [1.82, 2.24) is 0 Å². The van der Waals surface area contributed by atoms with Crippen LogP contribution in [0.4, 0.5) is 0 Å². The van der Waals surface area contributed by atoms with Crippen molar-refractivity contribution in [1.29, 1.82) is 0 Å². The summed E-state index contributed by atoms with van der Waals surface area (Å²) in [4.78, 5) is 25.5. The lowest BCUT2D eigenvalue weighted by atomic mass is 10.1. The van der Waals surface area contributed by atoms with Crippen molar-refractivity contribution in [2.24, 2.45) is 0 Å². The summed E-state index contributed by atoms with van der Waals surface area (Å²) in [5.41, 5.74) is 1.78. The van der Waals surface area contributed by atoms with Crippen molar-refractivity contribution in [2.45, 2.75) is 6.92 Å². The predicted octanol–water partition coefficient (Wildman–Crippen LogP) is 4.62. The van der Waals surface area contributed by atoms with E-state index in [1.165, 1.54) is 11.3 Å². The van der Waals surface area contributed by atoms with Crippen molar-refractivity contribution < 1.29 is 28.5 Å². The Morgan fingerprint density at radius 1 is 1.14 bits per heavy atom. The smallest absolute Gasteiger partial charge is 0.353 e. The number of esters is 1. The zero-order valence-corrected chi connectivity index (χ0v) is 16.1. The normalized spacial score (nSPS) is 15.3. The molecule has 7 heteroatoms. The van der Waals surface area contributed by atoms with Gasteiger partial charge in [-0.05, 0) is 54.3 Å². The van der Waals surface area contributed by atoms with Gasteiger partial charge in [0.1, 0.15) is 16.4 Å². The molecule has 0 saturated carbocycles. The molecule has 0 radical (unpaired) electrons. The van der Waals surface area contributed by atoms with Crippen LogP contribution in [0.5, 0.6) is 23.0 Å². The zero-order chi connectivity index (χ0) is 20.0. The van der Waals surface area contributed by atoms with Crippen LogP contribution < -0.4 is 18.9 Å². The van der Waals surface area contributed by atoms with Crippen LogP contribution in [0.3, 0.4) is 0 Å². The molecule has 3 aromatic rings. The summed E-state index contributed by atoms with van der Waals surface area (Å²) >= 11 is 1.30. The second-order valence-electron chi connectivity index (χ2n) is 6.48. The van der Waals surface area contributed by atoms with Gasteiger partial charge in [0.05, 0.1) is 5.56 Å². The molecule has 0 bridgehead atoms. The van der Waals surface area contributed by atoms with E-state index in [9.17, 15) is 9.59 Å². The summed E-state index contributed by atoms with van der Waals surface area (Å²) < 4.78 is 22.0. The van der Waals surface area contributed by atoms with E-state index in [1.807, 2.05) is 6.07 Å². The van der Waals surface area contributed by atoms with Crippen LogP contribution in [-0.2, 0) is 0 Å². The largest absolute Gasteiger partial charge is 0.454 e. The van der Waals surface area contributed by atoms with Gasteiger partial charge in [-0.1, -0.05) is 12.1 Å². The van der Waals surface area contributed by atoms with Crippen molar-refractivity contribution in [3.63, 3.8) is 0 Å². The predicted molar refractivity (Wildman–Crippen MR) is 106 cm³/mol. The average molecular weight is 406 g/mol. The molecule has 2 aliphatic rings. The van der Waals surface area contributed by atoms with E-state index in [1.54, 1.807) is 54.8 Å². The molecular formula is C22H14O6S. The molecule has 29 heavy (non-hydrogen) atoms.